The molecule has 0 bridgehead atoms. The smallest absolute Gasteiger partial charge is 0.216 e. The van der Waals surface area contributed by atoms with Crippen LogP contribution in [0.25, 0.3) is 11.4 Å². The minimum absolute atomic E-state index is 0.0922. The maximum Gasteiger partial charge on any atom is 0.216 e. The third-order valence-electron chi connectivity index (χ3n) is 3.44. The SMILES string of the molecule is CCOc1ccc(-c2n[nH]c(=S)n2N=Cc2cc(Br)cc(Br)c2O)cc1. The van der Waals surface area contributed by atoms with Gasteiger partial charge in [-0.25, -0.2) is 5.10 Å². The van der Waals surface area contributed by atoms with Gasteiger partial charge in [-0.1, -0.05) is 15.9 Å². The van der Waals surface area contributed by atoms with Crippen molar-refractivity contribution in [1.29, 1.82) is 0 Å². The fourth-order valence-electron chi connectivity index (χ4n) is 2.26. The van der Waals surface area contributed by atoms with E-state index in [0.29, 0.717) is 27.2 Å². The van der Waals surface area contributed by atoms with E-state index in [-0.39, 0.29) is 5.75 Å². The normalized spacial score (nSPS) is 11.2. The van der Waals surface area contributed by atoms with E-state index in [0.717, 1.165) is 15.8 Å². The molecule has 9 heteroatoms. The number of ether oxygens (including phenoxy) is 1. The number of hydrogen-bond donors (Lipinski definition) is 2. The molecule has 1 aromatic heterocycles. The van der Waals surface area contributed by atoms with Gasteiger partial charge < -0.3 is 9.84 Å². The van der Waals surface area contributed by atoms with E-state index in [4.69, 9.17) is 17.0 Å². The van der Waals surface area contributed by atoms with Gasteiger partial charge in [-0.2, -0.15) is 14.9 Å². The summed E-state index contributed by atoms with van der Waals surface area (Å²) in [6.45, 7) is 2.54. The molecule has 0 fully saturated rings. The van der Waals surface area contributed by atoms with Crippen molar-refractivity contribution in [3.63, 3.8) is 0 Å². The molecule has 3 aromatic rings. The molecule has 0 saturated carbocycles. The summed E-state index contributed by atoms with van der Waals surface area (Å²) in [5, 5.41) is 21.5. The highest BCUT2D eigenvalue weighted by Crippen LogP contribution is 2.30. The third-order valence-corrected chi connectivity index (χ3v) is 4.77. The van der Waals surface area contributed by atoms with Crippen molar-refractivity contribution in [3.05, 3.63) is 55.7 Å². The van der Waals surface area contributed by atoms with Gasteiger partial charge in [0.25, 0.3) is 0 Å². The molecule has 0 aliphatic carbocycles. The van der Waals surface area contributed by atoms with Crippen molar-refractivity contribution in [2.24, 2.45) is 5.10 Å². The maximum atomic E-state index is 10.2. The number of nitrogens with one attached hydrogen (secondary N) is 1. The predicted octanol–water partition coefficient (Wildman–Crippen LogP) is 5.12. The highest BCUT2D eigenvalue weighted by atomic mass is 79.9. The van der Waals surface area contributed by atoms with Gasteiger partial charge in [-0.3, -0.25) is 0 Å². The molecule has 0 atom stereocenters. The predicted molar refractivity (Wildman–Crippen MR) is 111 cm³/mol. The topological polar surface area (TPSA) is 75.4 Å². The summed E-state index contributed by atoms with van der Waals surface area (Å²) in [4.78, 5) is 0. The molecular weight excluding hydrogens is 484 g/mol. The van der Waals surface area contributed by atoms with E-state index in [1.54, 1.807) is 12.1 Å². The Balaban J connectivity index is 1.97. The summed E-state index contributed by atoms with van der Waals surface area (Å²) < 4.78 is 8.67. The second-order valence-electron chi connectivity index (χ2n) is 5.19. The average molecular weight is 498 g/mol. The molecule has 2 N–H and O–H groups in total. The Bertz CT molecular complexity index is 1010. The van der Waals surface area contributed by atoms with Gasteiger partial charge in [0.2, 0.25) is 4.77 Å². The molecule has 0 amide bonds. The lowest BCUT2D eigenvalue weighted by atomic mass is 10.2. The lowest BCUT2D eigenvalue weighted by Gasteiger charge is -2.05. The first kappa shape index (κ1) is 18.8. The molecule has 6 nitrogen and oxygen atoms in total. The van der Waals surface area contributed by atoms with Crippen LogP contribution in [0.4, 0.5) is 0 Å². The highest BCUT2D eigenvalue weighted by Gasteiger charge is 2.10. The summed E-state index contributed by atoms with van der Waals surface area (Å²) in [5.41, 5.74) is 1.37. The fourth-order valence-corrected chi connectivity index (χ4v) is 3.69. The van der Waals surface area contributed by atoms with Gasteiger partial charge in [0, 0.05) is 15.6 Å². The van der Waals surface area contributed by atoms with Gasteiger partial charge in [0.15, 0.2) is 5.82 Å². The number of hydrogen-bond acceptors (Lipinski definition) is 5. The zero-order valence-electron chi connectivity index (χ0n) is 13.6. The molecule has 0 unspecified atom stereocenters. The molecular formula is C17H14Br2N4O2S. The first-order valence-corrected chi connectivity index (χ1v) is 9.62. The van der Waals surface area contributed by atoms with Crippen LogP contribution in [0.1, 0.15) is 12.5 Å². The van der Waals surface area contributed by atoms with Gasteiger partial charge in [-0.05, 0) is 71.5 Å². The summed E-state index contributed by atoms with van der Waals surface area (Å²) in [6, 6.07) is 11.0. The van der Waals surface area contributed by atoms with Crippen LogP contribution in [0.15, 0.2) is 50.4 Å². The molecule has 0 spiro atoms. The van der Waals surface area contributed by atoms with Gasteiger partial charge in [0.05, 0.1) is 17.3 Å². The molecule has 0 aliphatic rings. The quantitative estimate of drug-likeness (QED) is 0.379. The molecule has 26 heavy (non-hydrogen) atoms. The summed E-state index contributed by atoms with van der Waals surface area (Å²) in [5.74, 6) is 1.43. The lowest BCUT2D eigenvalue weighted by Crippen LogP contribution is -1.96. The Morgan fingerprint density at radius 3 is 2.73 bits per heavy atom. The van der Waals surface area contributed by atoms with Gasteiger partial charge >= 0.3 is 0 Å². The van der Waals surface area contributed by atoms with Gasteiger partial charge in [0.1, 0.15) is 11.5 Å². The van der Waals surface area contributed by atoms with E-state index >= 15 is 0 Å². The van der Waals surface area contributed by atoms with Crippen LogP contribution in [0.5, 0.6) is 11.5 Å². The zero-order valence-corrected chi connectivity index (χ0v) is 17.6. The first-order valence-electron chi connectivity index (χ1n) is 7.62. The number of phenols is 1. The number of aromatic hydroxyl groups is 1. The number of aromatic amines is 1. The average Bonchev–Trinajstić information content (AvgIpc) is 2.98. The number of aromatic nitrogens is 3. The Morgan fingerprint density at radius 1 is 1.31 bits per heavy atom. The Morgan fingerprint density at radius 2 is 2.04 bits per heavy atom. The second kappa shape index (κ2) is 8.15. The molecule has 2 aromatic carbocycles. The molecule has 0 aliphatic heterocycles. The fraction of sp³-hybridized carbons (Fsp3) is 0.118. The van der Waals surface area contributed by atoms with Crippen molar-refractivity contribution in [2.75, 3.05) is 6.61 Å². The van der Waals surface area contributed by atoms with Crippen molar-refractivity contribution in [2.45, 2.75) is 6.92 Å². The minimum atomic E-state index is 0.0922. The number of rotatable bonds is 5. The maximum absolute atomic E-state index is 10.2. The monoisotopic (exact) mass is 496 g/mol. The van der Waals surface area contributed by atoms with Crippen molar-refractivity contribution < 1.29 is 9.84 Å². The number of H-pyrrole nitrogens is 1. The van der Waals surface area contributed by atoms with Crippen LogP contribution in [0.3, 0.4) is 0 Å². The van der Waals surface area contributed by atoms with E-state index < -0.39 is 0 Å². The standard InChI is InChI=1S/C17H14Br2N4O2S/c1-2-25-13-5-3-10(4-6-13)16-21-22-17(26)23(16)20-9-11-7-12(18)8-14(19)15(11)24/h3-9,24H,2H2,1H3,(H,22,26). The van der Waals surface area contributed by atoms with E-state index in [1.165, 1.54) is 10.9 Å². The first-order chi connectivity index (χ1) is 12.5. The van der Waals surface area contributed by atoms with Crippen LogP contribution >= 0.6 is 44.1 Å². The van der Waals surface area contributed by atoms with E-state index in [2.05, 4.69) is 47.2 Å². The van der Waals surface area contributed by atoms with Crippen molar-refractivity contribution in [3.8, 4) is 22.9 Å². The van der Waals surface area contributed by atoms with Crippen LogP contribution in [-0.2, 0) is 0 Å². The van der Waals surface area contributed by atoms with Crippen molar-refractivity contribution in [1.82, 2.24) is 14.9 Å². The van der Waals surface area contributed by atoms with Gasteiger partial charge in [-0.15, -0.1) is 0 Å². The summed E-state index contributed by atoms with van der Waals surface area (Å²) in [7, 11) is 0. The third kappa shape index (κ3) is 4.05. The number of nitrogens with zero attached hydrogens (tertiary/aromatic N) is 3. The Labute approximate surface area is 171 Å². The highest BCUT2D eigenvalue weighted by molar-refractivity contribution is 9.11. The number of benzene rings is 2. The molecule has 134 valence electrons. The van der Waals surface area contributed by atoms with Crippen LogP contribution in [0, 0.1) is 4.77 Å². The molecule has 0 saturated heterocycles. The molecule has 3 rings (SSSR count). The van der Waals surface area contributed by atoms with Crippen LogP contribution in [0.2, 0.25) is 0 Å². The second-order valence-corrected chi connectivity index (χ2v) is 7.35. The number of phenolic OH excluding ortho intramolecular Hbond substituents is 1. The minimum Gasteiger partial charge on any atom is -0.506 e. The largest absolute Gasteiger partial charge is 0.506 e. The molecule has 0 radical (unpaired) electrons. The Kier molecular flexibility index (Phi) is 5.90. The summed E-state index contributed by atoms with van der Waals surface area (Å²) in [6.07, 6.45) is 1.52. The lowest BCUT2D eigenvalue weighted by molar-refractivity contribution is 0.340. The van der Waals surface area contributed by atoms with E-state index in [9.17, 15) is 5.11 Å². The zero-order chi connectivity index (χ0) is 18.7. The van der Waals surface area contributed by atoms with Crippen LogP contribution < -0.4 is 4.74 Å². The summed E-state index contributed by atoms with van der Waals surface area (Å²) >= 11 is 12.0. The van der Waals surface area contributed by atoms with E-state index in [1.807, 2.05) is 31.2 Å². The molecule has 1 heterocycles. The Hall–Kier alpha value is -1.97. The van der Waals surface area contributed by atoms with Crippen molar-refractivity contribution >= 4 is 50.3 Å². The van der Waals surface area contributed by atoms with Crippen LogP contribution in [-0.4, -0.2) is 32.8 Å². The number of halogens is 2.